The molecule has 1 aromatic heterocycles. The molecular weight excluding hydrogens is 378 g/mol. The Balaban J connectivity index is 1.54. The number of hydrogen-bond acceptors (Lipinski definition) is 5. The first-order chi connectivity index (χ1) is 14.7. The Morgan fingerprint density at radius 1 is 1.17 bits per heavy atom. The minimum atomic E-state index is -0.153. The molecule has 0 aliphatic carbocycles. The van der Waals surface area contributed by atoms with Crippen LogP contribution in [0, 0.1) is 0 Å². The number of carbonyl (C=O) groups is 1. The predicted octanol–water partition coefficient (Wildman–Crippen LogP) is 4.32. The molecule has 0 spiro atoms. The average molecular weight is 403 g/mol. The summed E-state index contributed by atoms with van der Waals surface area (Å²) < 4.78 is 10.7. The maximum Gasteiger partial charge on any atom is 0.257 e. The molecule has 6 heteroatoms. The Kier molecular flexibility index (Phi) is 5.95. The van der Waals surface area contributed by atoms with Gasteiger partial charge in [-0.05, 0) is 42.3 Å². The van der Waals surface area contributed by atoms with E-state index in [1.54, 1.807) is 18.4 Å². The SMILES string of the molecule is COc1ccc([C@@H]2CC(c3ccccc3)=NN2C(=O)CN[C@@H](C)c2ccco2)cc1. The van der Waals surface area contributed by atoms with Gasteiger partial charge in [0.2, 0.25) is 0 Å². The first-order valence-electron chi connectivity index (χ1n) is 10.0. The Hall–Kier alpha value is -3.38. The van der Waals surface area contributed by atoms with Crippen molar-refractivity contribution in [1.82, 2.24) is 10.3 Å². The van der Waals surface area contributed by atoms with Crippen LogP contribution in [0.3, 0.4) is 0 Å². The largest absolute Gasteiger partial charge is 0.497 e. The van der Waals surface area contributed by atoms with Crippen LogP contribution in [0.1, 0.15) is 42.3 Å². The molecule has 30 heavy (non-hydrogen) atoms. The van der Waals surface area contributed by atoms with Gasteiger partial charge in [0, 0.05) is 6.42 Å². The van der Waals surface area contributed by atoms with E-state index in [2.05, 4.69) is 5.32 Å². The van der Waals surface area contributed by atoms with E-state index in [0.29, 0.717) is 6.42 Å². The van der Waals surface area contributed by atoms with E-state index >= 15 is 0 Å². The smallest absolute Gasteiger partial charge is 0.257 e. The lowest BCUT2D eigenvalue weighted by Gasteiger charge is -2.23. The standard InChI is InChI=1S/C24H25N3O3/c1-17(23-9-6-14-30-23)25-16-24(28)27-22(19-10-12-20(29-2)13-11-19)15-21(26-27)18-7-4-3-5-8-18/h3-14,17,22,25H,15-16H2,1-2H3/t17-,22-/m0/s1. The molecule has 1 aliphatic heterocycles. The Morgan fingerprint density at radius 3 is 2.60 bits per heavy atom. The summed E-state index contributed by atoms with van der Waals surface area (Å²) in [6.45, 7) is 2.13. The van der Waals surface area contributed by atoms with Crippen molar-refractivity contribution in [2.75, 3.05) is 13.7 Å². The van der Waals surface area contributed by atoms with Crippen molar-refractivity contribution in [1.29, 1.82) is 0 Å². The number of amides is 1. The molecule has 0 saturated carbocycles. The topological polar surface area (TPSA) is 67.1 Å². The van der Waals surface area contributed by atoms with Crippen LogP contribution in [-0.4, -0.2) is 30.3 Å². The predicted molar refractivity (Wildman–Crippen MR) is 115 cm³/mol. The number of rotatable bonds is 7. The second-order valence-electron chi connectivity index (χ2n) is 7.26. The summed E-state index contributed by atoms with van der Waals surface area (Å²) in [6, 6.07) is 21.3. The highest BCUT2D eigenvalue weighted by Gasteiger charge is 2.33. The summed E-state index contributed by atoms with van der Waals surface area (Å²) in [5.41, 5.74) is 2.96. The first-order valence-corrected chi connectivity index (χ1v) is 10.0. The van der Waals surface area contributed by atoms with Gasteiger partial charge in [0.25, 0.3) is 5.91 Å². The number of carbonyl (C=O) groups excluding carboxylic acids is 1. The van der Waals surface area contributed by atoms with Crippen LogP contribution in [0.2, 0.25) is 0 Å². The van der Waals surface area contributed by atoms with Crippen molar-refractivity contribution in [3.8, 4) is 5.75 Å². The highest BCUT2D eigenvalue weighted by molar-refractivity contribution is 6.03. The van der Waals surface area contributed by atoms with Crippen molar-refractivity contribution in [2.45, 2.75) is 25.4 Å². The number of benzene rings is 2. The third kappa shape index (κ3) is 4.28. The lowest BCUT2D eigenvalue weighted by atomic mass is 9.98. The molecule has 0 radical (unpaired) electrons. The van der Waals surface area contributed by atoms with Gasteiger partial charge in [0.15, 0.2) is 0 Å². The highest BCUT2D eigenvalue weighted by Crippen LogP contribution is 2.33. The number of hydrogen-bond donors (Lipinski definition) is 1. The summed E-state index contributed by atoms with van der Waals surface area (Å²) in [7, 11) is 1.64. The zero-order chi connectivity index (χ0) is 20.9. The summed E-state index contributed by atoms with van der Waals surface area (Å²) in [5, 5.41) is 9.54. The molecule has 1 N–H and O–H groups in total. The van der Waals surface area contributed by atoms with Crippen molar-refractivity contribution in [2.24, 2.45) is 5.10 Å². The lowest BCUT2D eigenvalue weighted by molar-refractivity contribution is -0.132. The van der Waals surface area contributed by atoms with E-state index in [0.717, 1.165) is 28.3 Å². The fourth-order valence-corrected chi connectivity index (χ4v) is 3.59. The van der Waals surface area contributed by atoms with Gasteiger partial charge in [0.05, 0.1) is 37.7 Å². The normalized spacial score (nSPS) is 16.9. The fraction of sp³-hybridized carbons (Fsp3) is 0.250. The number of hydrazone groups is 1. The zero-order valence-corrected chi connectivity index (χ0v) is 17.1. The van der Waals surface area contributed by atoms with Crippen LogP contribution in [0.4, 0.5) is 0 Å². The molecule has 0 saturated heterocycles. The molecule has 1 amide bonds. The molecule has 2 atom stereocenters. The van der Waals surface area contributed by atoms with Crippen LogP contribution in [0.15, 0.2) is 82.5 Å². The molecule has 1 aliphatic rings. The van der Waals surface area contributed by atoms with Gasteiger partial charge >= 0.3 is 0 Å². The molecule has 4 rings (SSSR count). The monoisotopic (exact) mass is 403 g/mol. The van der Waals surface area contributed by atoms with Gasteiger partial charge in [-0.3, -0.25) is 10.1 Å². The molecule has 0 bridgehead atoms. The van der Waals surface area contributed by atoms with E-state index < -0.39 is 0 Å². The van der Waals surface area contributed by atoms with Crippen LogP contribution in [-0.2, 0) is 4.79 Å². The maximum atomic E-state index is 13.1. The molecule has 2 heterocycles. The van der Waals surface area contributed by atoms with Gasteiger partial charge in [-0.1, -0.05) is 42.5 Å². The molecule has 6 nitrogen and oxygen atoms in total. The second kappa shape index (κ2) is 8.97. The number of methoxy groups -OCH3 is 1. The second-order valence-corrected chi connectivity index (χ2v) is 7.26. The van der Waals surface area contributed by atoms with E-state index in [-0.39, 0.29) is 24.5 Å². The number of nitrogens with one attached hydrogen (secondary N) is 1. The summed E-state index contributed by atoms with van der Waals surface area (Å²) in [6.07, 6.45) is 2.29. The number of nitrogens with zero attached hydrogens (tertiary/aromatic N) is 2. The van der Waals surface area contributed by atoms with Crippen LogP contribution in [0.5, 0.6) is 5.75 Å². The third-order valence-corrected chi connectivity index (χ3v) is 5.30. The molecule has 2 aromatic carbocycles. The van der Waals surface area contributed by atoms with Gasteiger partial charge in [-0.2, -0.15) is 5.10 Å². The number of ether oxygens (including phenoxy) is 1. The third-order valence-electron chi connectivity index (χ3n) is 5.30. The maximum absolute atomic E-state index is 13.1. The van der Waals surface area contributed by atoms with Crippen LogP contribution >= 0.6 is 0 Å². The minimum Gasteiger partial charge on any atom is -0.497 e. The van der Waals surface area contributed by atoms with Gasteiger partial charge < -0.3 is 9.15 Å². The van der Waals surface area contributed by atoms with Crippen molar-refractivity contribution in [3.05, 3.63) is 89.9 Å². The Labute approximate surface area is 176 Å². The molecule has 154 valence electrons. The molecule has 0 fully saturated rings. The highest BCUT2D eigenvalue weighted by atomic mass is 16.5. The van der Waals surface area contributed by atoms with Crippen LogP contribution < -0.4 is 10.1 Å². The molecule has 3 aromatic rings. The molecular formula is C24H25N3O3. The quantitative estimate of drug-likeness (QED) is 0.638. The van der Waals surface area contributed by atoms with Gasteiger partial charge in [0.1, 0.15) is 11.5 Å². The van der Waals surface area contributed by atoms with Gasteiger partial charge in [-0.25, -0.2) is 5.01 Å². The summed E-state index contributed by atoms with van der Waals surface area (Å²) >= 11 is 0. The van der Waals surface area contributed by atoms with Gasteiger partial charge in [-0.15, -0.1) is 0 Å². The Bertz CT molecular complexity index is 998. The Morgan fingerprint density at radius 2 is 1.93 bits per heavy atom. The van der Waals surface area contributed by atoms with E-state index in [4.69, 9.17) is 14.3 Å². The zero-order valence-electron chi connectivity index (χ0n) is 17.1. The van der Waals surface area contributed by atoms with E-state index in [9.17, 15) is 4.79 Å². The summed E-state index contributed by atoms with van der Waals surface area (Å²) in [4.78, 5) is 13.1. The molecule has 0 unspecified atom stereocenters. The van der Waals surface area contributed by atoms with Crippen molar-refractivity contribution < 1.29 is 13.9 Å². The lowest BCUT2D eigenvalue weighted by Crippen LogP contribution is -2.36. The van der Waals surface area contributed by atoms with Crippen molar-refractivity contribution in [3.63, 3.8) is 0 Å². The minimum absolute atomic E-state index is 0.0661. The van der Waals surface area contributed by atoms with E-state index in [1.165, 1.54) is 0 Å². The average Bonchev–Trinajstić information content (AvgIpc) is 3.48. The fourth-order valence-electron chi connectivity index (χ4n) is 3.59. The van der Waals surface area contributed by atoms with Crippen LogP contribution in [0.25, 0.3) is 0 Å². The van der Waals surface area contributed by atoms with E-state index in [1.807, 2.05) is 73.7 Å². The first kappa shape index (κ1) is 19.9. The summed E-state index contributed by atoms with van der Waals surface area (Å²) in [5.74, 6) is 1.50. The number of furan rings is 1. The van der Waals surface area contributed by atoms with Crippen molar-refractivity contribution >= 4 is 11.6 Å².